The second-order valence-corrected chi connectivity index (χ2v) is 7.94. The summed E-state index contributed by atoms with van der Waals surface area (Å²) in [7, 11) is 0. The zero-order valence-electron chi connectivity index (χ0n) is 13.7. The highest BCUT2D eigenvalue weighted by Gasteiger charge is 2.63. The summed E-state index contributed by atoms with van der Waals surface area (Å²) in [5.41, 5.74) is 0.869. The van der Waals surface area contributed by atoms with Crippen molar-refractivity contribution in [1.29, 1.82) is 0 Å². The number of amides is 1. The van der Waals surface area contributed by atoms with Crippen molar-refractivity contribution in [3.8, 4) is 0 Å². The van der Waals surface area contributed by atoms with Crippen LogP contribution in [-0.2, 0) is 10.3 Å². The lowest BCUT2D eigenvalue weighted by molar-refractivity contribution is -0.122. The smallest absolute Gasteiger partial charge is 0.250 e. The number of benzene rings is 2. The zero-order valence-corrected chi connectivity index (χ0v) is 15.2. The van der Waals surface area contributed by atoms with Gasteiger partial charge in [-0.1, -0.05) is 41.4 Å². The molecule has 4 atom stereocenters. The summed E-state index contributed by atoms with van der Waals surface area (Å²) in [4.78, 5) is 13.2. The Kier molecular flexibility index (Phi) is 3.60. The monoisotopic (exact) mass is 391 g/mol. The maximum atomic E-state index is 15.0. The van der Waals surface area contributed by atoms with Crippen molar-refractivity contribution in [2.24, 2.45) is 0 Å². The van der Waals surface area contributed by atoms with E-state index in [4.69, 9.17) is 23.2 Å². The first-order chi connectivity index (χ1) is 12.5. The van der Waals surface area contributed by atoms with Crippen LogP contribution in [0.5, 0.6) is 0 Å². The molecule has 2 saturated heterocycles. The largest absolute Gasteiger partial charge is 0.324 e. The Morgan fingerprint density at radius 2 is 2.04 bits per heavy atom. The van der Waals surface area contributed by atoms with Crippen LogP contribution in [0.25, 0.3) is 0 Å². The number of carbonyl (C=O) groups is 1. The van der Waals surface area contributed by atoms with E-state index in [1.807, 2.05) is 6.07 Å². The van der Waals surface area contributed by atoms with E-state index in [1.165, 1.54) is 6.07 Å². The predicted octanol–water partition coefficient (Wildman–Crippen LogP) is 3.40. The van der Waals surface area contributed by atoms with Crippen LogP contribution in [0.1, 0.15) is 23.5 Å². The van der Waals surface area contributed by atoms with Gasteiger partial charge in [0.1, 0.15) is 11.4 Å². The number of halogens is 3. The molecule has 7 heteroatoms. The molecule has 4 nitrogen and oxygen atoms in total. The van der Waals surface area contributed by atoms with Gasteiger partial charge in [-0.2, -0.15) is 0 Å². The first-order valence-electron chi connectivity index (χ1n) is 8.59. The predicted molar refractivity (Wildman–Crippen MR) is 99.2 cm³/mol. The topological polar surface area (TPSA) is 53.2 Å². The highest BCUT2D eigenvalue weighted by atomic mass is 35.5. The molecule has 3 aliphatic heterocycles. The van der Waals surface area contributed by atoms with E-state index in [9.17, 15) is 9.18 Å². The SMILES string of the molecule is O=C1Nc2cc(Cl)ccc2[C@]12N[C@H]1CCN[C@H]1[C@@H]2c1cccc(Cl)c1F. The molecule has 2 fully saturated rings. The Morgan fingerprint density at radius 1 is 1.19 bits per heavy atom. The van der Waals surface area contributed by atoms with Crippen molar-refractivity contribution >= 4 is 34.8 Å². The van der Waals surface area contributed by atoms with Crippen LogP contribution in [0.3, 0.4) is 0 Å². The minimum atomic E-state index is -1.05. The van der Waals surface area contributed by atoms with Crippen molar-refractivity contribution in [2.75, 3.05) is 11.9 Å². The van der Waals surface area contributed by atoms with Crippen LogP contribution in [-0.4, -0.2) is 24.5 Å². The Hall–Kier alpha value is -1.66. The van der Waals surface area contributed by atoms with E-state index in [1.54, 1.807) is 24.3 Å². The fourth-order valence-corrected chi connectivity index (χ4v) is 5.19. The van der Waals surface area contributed by atoms with Gasteiger partial charge >= 0.3 is 0 Å². The molecule has 1 spiro atoms. The molecule has 3 N–H and O–H groups in total. The fourth-order valence-electron chi connectivity index (χ4n) is 4.84. The van der Waals surface area contributed by atoms with Crippen molar-refractivity contribution < 1.29 is 9.18 Å². The first-order valence-corrected chi connectivity index (χ1v) is 9.34. The lowest BCUT2D eigenvalue weighted by Gasteiger charge is -2.33. The Labute approximate surface area is 160 Å². The Bertz CT molecular complexity index is 937. The quantitative estimate of drug-likeness (QED) is 0.698. The van der Waals surface area contributed by atoms with Crippen LogP contribution in [0, 0.1) is 5.82 Å². The van der Waals surface area contributed by atoms with E-state index >= 15 is 0 Å². The summed E-state index contributed by atoms with van der Waals surface area (Å²) < 4.78 is 15.0. The van der Waals surface area contributed by atoms with Crippen molar-refractivity contribution in [3.05, 3.63) is 63.4 Å². The van der Waals surface area contributed by atoms with E-state index in [0.29, 0.717) is 16.3 Å². The van der Waals surface area contributed by atoms with Crippen molar-refractivity contribution in [2.45, 2.75) is 30.0 Å². The molecular formula is C19H16Cl2FN3O. The molecule has 2 aromatic carbocycles. The number of hydrogen-bond acceptors (Lipinski definition) is 3. The lowest BCUT2D eigenvalue weighted by Crippen LogP contribution is -2.49. The molecule has 26 heavy (non-hydrogen) atoms. The maximum absolute atomic E-state index is 15.0. The molecule has 5 rings (SSSR count). The van der Waals surface area contributed by atoms with Gasteiger partial charge in [-0.3, -0.25) is 10.1 Å². The van der Waals surface area contributed by atoms with Gasteiger partial charge in [0, 0.05) is 34.3 Å². The van der Waals surface area contributed by atoms with Gasteiger partial charge in [0.2, 0.25) is 5.91 Å². The normalized spacial score (nSPS) is 32.0. The van der Waals surface area contributed by atoms with Crippen LogP contribution < -0.4 is 16.0 Å². The molecule has 1 amide bonds. The standard InChI is InChI=1S/C19H16Cl2FN3O/c20-9-4-5-11-14(8-9)24-18(26)19(11)15(17-13(25-19)6-7-23-17)10-2-1-3-12(21)16(10)22/h1-5,8,13,15,17,23,25H,6-7H2,(H,24,26)/t13-,15-,17+,19+/m0/s1. The Morgan fingerprint density at radius 3 is 2.88 bits per heavy atom. The summed E-state index contributed by atoms with van der Waals surface area (Å²) >= 11 is 12.2. The molecule has 0 radical (unpaired) electrons. The number of anilines is 1. The van der Waals surface area contributed by atoms with Gasteiger partial charge in [-0.05, 0) is 36.7 Å². The first kappa shape index (κ1) is 16.5. The number of carbonyl (C=O) groups excluding carboxylic acids is 1. The fraction of sp³-hybridized carbons (Fsp3) is 0.316. The molecule has 2 aromatic rings. The lowest BCUT2D eigenvalue weighted by atomic mass is 9.74. The average molecular weight is 392 g/mol. The van der Waals surface area contributed by atoms with Gasteiger partial charge < -0.3 is 10.6 Å². The van der Waals surface area contributed by atoms with Crippen LogP contribution >= 0.6 is 23.2 Å². The number of nitrogens with one attached hydrogen (secondary N) is 3. The summed E-state index contributed by atoms with van der Waals surface area (Å²) in [6, 6.07) is 10.3. The molecule has 134 valence electrons. The highest BCUT2D eigenvalue weighted by Crippen LogP contribution is 2.53. The number of rotatable bonds is 1. The molecule has 0 aromatic heterocycles. The van der Waals surface area contributed by atoms with E-state index in [-0.39, 0.29) is 23.0 Å². The third-order valence-corrected chi connectivity index (χ3v) is 6.36. The minimum absolute atomic E-state index is 0.0599. The molecule has 3 aliphatic rings. The molecule has 0 unspecified atom stereocenters. The second-order valence-electron chi connectivity index (χ2n) is 7.09. The highest BCUT2D eigenvalue weighted by molar-refractivity contribution is 6.31. The van der Waals surface area contributed by atoms with Crippen molar-refractivity contribution in [3.63, 3.8) is 0 Å². The summed E-state index contributed by atoms with van der Waals surface area (Å²) in [6.07, 6.45) is 0.876. The molecule has 0 aliphatic carbocycles. The van der Waals surface area contributed by atoms with Gasteiger partial charge in [0.15, 0.2) is 0 Å². The summed E-state index contributed by atoms with van der Waals surface area (Å²) in [5, 5.41) is 10.5. The van der Waals surface area contributed by atoms with Gasteiger partial charge in [0.25, 0.3) is 0 Å². The van der Waals surface area contributed by atoms with Crippen LogP contribution in [0.2, 0.25) is 10.0 Å². The Balaban J connectivity index is 1.76. The second kappa shape index (κ2) is 5.67. The van der Waals surface area contributed by atoms with Gasteiger partial charge in [-0.25, -0.2) is 4.39 Å². The molecule has 0 saturated carbocycles. The third-order valence-electron chi connectivity index (χ3n) is 5.84. The number of hydrogen-bond donors (Lipinski definition) is 3. The van der Waals surface area contributed by atoms with Gasteiger partial charge in [0.05, 0.1) is 5.02 Å². The van der Waals surface area contributed by atoms with E-state index < -0.39 is 17.3 Å². The summed E-state index contributed by atoms with van der Waals surface area (Å²) in [6.45, 7) is 0.826. The summed E-state index contributed by atoms with van der Waals surface area (Å²) in [5.74, 6) is -1.07. The maximum Gasteiger partial charge on any atom is 0.250 e. The molecule has 0 bridgehead atoms. The van der Waals surface area contributed by atoms with Gasteiger partial charge in [-0.15, -0.1) is 0 Å². The molecule has 3 heterocycles. The van der Waals surface area contributed by atoms with E-state index in [2.05, 4.69) is 16.0 Å². The number of fused-ring (bicyclic) bond motifs is 3. The van der Waals surface area contributed by atoms with E-state index in [0.717, 1.165) is 18.5 Å². The van der Waals surface area contributed by atoms with Crippen molar-refractivity contribution in [1.82, 2.24) is 10.6 Å². The molecular weight excluding hydrogens is 376 g/mol. The van der Waals surface area contributed by atoms with Crippen LogP contribution in [0.4, 0.5) is 10.1 Å². The van der Waals surface area contributed by atoms with Crippen LogP contribution in [0.15, 0.2) is 36.4 Å². The third kappa shape index (κ3) is 2.06. The minimum Gasteiger partial charge on any atom is -0.324 e. The average Bonchev–Trinajstić information content (AvgIpc) is 3.24. The zero-order chi connectivity index (χ0) is 18.1.